The van der Waals surface area contributed by atoms with Crippen LogP contribution in [0.1, 0.15) is 32.3 Å². The Labute approximate surface area is 175 Å². The van der Waals surface area contributed by atoms with Crippen molar-refractivity contribution in [2.75, 3.05) is 17.7 Å². The first-order valence-corrected chi connectivity index (χ1v) is 11.1. The van der Waals surface area contributed by atoms with Gasteiger partial charge in [-0.2, -0.15) is 0 Å². The van der Waals surface area contributed by atoms with Gasteiger partial charge in [0.2, 0.25) is 5.89 Å². The molecule has 30 heavy (non-hydrogen) atoms. The smallest absolute Gasteiger partial charge is 0.322 e. The Morgan fingerprint density at radius 3 is 2.33 bits per heavy atom. The van der Waals surface area contributed by atoms with Crippen LogP contribution in [0.2, 0.25) is 0 Å². The van der Waals surface area contributed by atoms with Crippen molar-refractivity contribution in [3.63, 3.8) is 0 Å². The molecule has 0 radical (unpaired) electrons. The fourth-order valence-electron chi connectivity index (χ4n) is 2.62. The molecular formula is C21H23N3O5S. The highest BCUT2D eigenvalue weighted by Crippen LogP contribution is 2.22. The lowest BCUT2D eigenvalue weighted by Gasteiger charge is -2.08. The fourth-order valence-corrected chi connectivity index (χ4v) is 3.50. The summed E-state index contributed by atoms with van der Waals surface area (Å²) in [5, 5.41) is 10.1. The summed E-state index contributed by atoms with van der Waals surface area (Å²) < 4.78 is 34.6. The molecule has 9 heteroatoms. The summed E-state index contributed by atoms with van der Waals surface area (Å²) in [5.74, 6) is 0.746. The third-order valence-electron chi connectivity index (χ3n) is 4.43. The zero-order valence-electron chi connectivity index (χ0n) is 17.0. The highest BCUT2D eigenvalue weighted by molar-refractivity contribution is 7.91. The van der Waals surface area contributed by atoms with Gasteiger partial charge in [0.15, 0.2) is 16.4 Å². The maximum absolute atomic E-state index is 12.1. The van der Waals surface area contributed by atoms with Crippen molar-refractivity contribution in [3.8, 4) is 17.2 Å². The number of benzene rings is 2. The van der Waals surface area contributed by atoms with Crippen molar-refractivity contribution >= 4 is 21.8 Å². The Morgan fingerprint density at radius 1 is 1.07 bits per heavy atom. The number of ether oxygens (including phenoxy) is 1. The van der Waals surface area contributed by atoms with Crippen LogP contribution in [-0.4, -0.2) is 36.9 Å². The molecule has 0 fully saturated rings. The highest BCUT2D eigenvalue weighted by Gasteiger charge is 2.15. The summed E-state index contributed by atoms with van der Waals surface area (Å²) in [6, 6.07) is 13.6. The minimum atomic E-state index is -3.28. The minimum absolute atomic E-state index is 0.0209. The third kappa shape index (κ3) is 5.24. The first-order valence-electron chi connectivity index (χ1n) is 9.48. The average molecular weight is 429 g/mol. The molecule has 1 N–H and O–H groups in total. The molecule has 8 nitrogen and oxygen atoms in total. The number of carbonyl (C=O) groups excluding carboxylic acids is 1. The van der Waals surface area contributed by atoms with E-state index in [1.54, 1.807) is 19.1 Å². The zero-order valence-corrected chi connectivity index (χ0v) is 17.8. The first kappa shape index (κ1) is 21.5. The summed E-state index contributed by atoms with van der Waals surface area (Å²) in [4.78, 5) is 12.3. The second-order valence-electron chi connectivity index (χ2n) is 6.90. The molecule has 0 atom stereocenters. The summed E-state index contributed by atoms with van der Waals surface area (Å²) >= 11 is 0. The number of anilines is 1. The molecule has 1 heterocycles. The lowest BCUT2D eigenvalue weighted by molar-refractivity contribution is -0.118. The number of sulfone groups is 1. The average Bonchev–Trinajstić information content (AvgIpc) is 3.21. The summed E-state index contributed by atoms with van der Waals surface area (Å²) in [6.07, 6.45) is 0. The van der Waals surface area contributed by atoms with Crippen molar-refractivity contribution in [2.45, 2.75) is 31.6 Å². The van der Waals surface area contributed by atoms with E-state index in [1.165, 1.54) is 17.7 Å². The van der Waals surface area contributed by atoms with Gasteiger partial charge in [-0.05, 0) is 47.9 Å². The normalized spacial score (nSPS) is 11.5. The number of aromatic nitrogens is 2. The number of carbonyl (C=O) groups is 1. The molecule has 158 valence electrons. The first-order chi connectivity index (χ1) is 14.3. The Balaban J connectivity index is 1.57. The molecule has 0 unspecified atom stereocenters. The van der Waals surface area contributed by atoms with Gasteiger partial charge in [0.25, 0.3) is 5.91 Å². The molecule has 0 spiro atoms. The lowest BCUT2D eigenvalue weighted by Crippen LogP contribution is -2.20. The predicted molar refractivity (Wildman–Crippen MR) is 112 cm³/mol. The Hall–Kier alpha value is -3.20. The fraction of sp³-hybridized carbons (Fsp3) is 0.286. The number of hydrogen-bond donors (Lipinski definition) is 1. The van der Waals surface area contributed by atoms with Crippen molar-refractivity contribution in [3.05, 3.63) is 54.1 Å². The van der Waals surface area contributed by atoms with Crippen LogP contribution in [-0.2, 0) is 14.6 Å². The molecule has 0 saturated carbocycles. The maximum Gasteiger partial charge on any atom is 0.322 e. The van der Waals surface area contributed by atoms with Crippen LogP contribution < -0.4 is 10.1 Å². The molecule has 1 amide bonds. The minimum Gasteiger partial charge on any atom is -0.484 e. The topological polar surface area (TPSA) is 111 Å². The summed E-state index contributed by atoms with van der Waals surface area (Å²) in [5.41, 5.74) is 1.73. The molecule has 3 aromatic rings. The van der Waals surface area contributed by atoms with E-state index in [1.807, 2.05) is 24.3 Å². The van der Waals surface area contributed by atoms with E-state index in [0.717, 1.165) is 0 Å². The predicted octanol–water partition coefficient (Wildman–Crippen LogP) is 3.67. The van der Waals surface area contributed by atoms with Gasteiger partial charge in [0.05, 0.1) is 10.6 Å². The van der Waals surface area contributed by atoms with Gasteiger partial charge in [-0.25, -0.2) is 8.42 Å². The standard InChI is InChI=1S/C21H23N3O5S/c1-4-30(26,27)18-11-7-16(8-12-18)20-23-24-21(29-20)22-19(25)13-28-17-9-5-15(6-10-17)14(2)3/h5-12,14H,4,13H2,1-3H3,(H,22,24,25). The van der Waals surface area contributed by atoms with Crippen LogP contribution in [0.4, 0.5) is 6.01 Å². The number of hydrogen-bond acceptors (Lipinski definition) is 7. The van der Waals surface area contributed by atoms with Gasteiger partial charge in [-0.15, -0.1) is 5.10 Å². The molecule has 0 saturated heterocycles. The van der Waals surface area contributed by atoms with Crippen LogP contribution in [0, 0.1) is 0 Å². The van der Waals surface area contributed by atoms with Gasteiger partial charge in [0, 0.05) is 5.56 Å². The summed E-state index contributed by atoms with van der Waals surface area (Å²) in [6.45, 7) is 5.58. The molecule has 0 aliphatic carbocycles. The molecular weight excluding hydrogens is 406 g/mol. The molecule has 0 bridgehead atoms. The van der Waals surface area contributed by atoms with E-state index in [-0.39, 0.29) is 29.2 Å². The van der Waals surface area contributed by atoms with E-state index in [2.05, 4.69) is 29.4 Å². The Bertz CT molecular complexity index is 1100. The number of rotatable bonds is 8. The van der Waals surface area contributed by atoms with Crippen LogP contribution in [0.5, 0.6) is 5.75 Å². The van der Waals surface area contributed by atoms with Crippen molar-refractivity contribution in [1.82, 2.24) is 10.2 Å². The van der Waals surface area contributed by atoms with E-state index in [9.17, 15) is 13.2 Å². The highest BCUT2D eigenvalue weighted by atomic mass is 32.2. The molecule has 0 aliphatic rings. The van der Waals surface area contributed by atoms with E-state index in [0.29, 0.717) is 17.2 Å². The third-order valence-corrected chi connectivity index (χ3v) is 6.18. The monoisotopic (exact) mass is 429 g/mol. The van der Waals surface area contributed by atoms with Crippen molar-refractivity contribution in [1.29, 1.82) is 0 Å². The number of amides is 1. The van der Waals surface area contributed by atoms with E-state index in [4.69, 9.17) is 9.15 Å². The van der Waals surface area contributed by atoms with E-state index >= 15 is 0 Å². The van der Waals surface area contributed by atoms with Gasteiger partial charge in [0.1, 0.15) is 5.75 Å². The molecule has 2 aromatic carbocycles. The molecule has 1 aromatic heterocycles. The molecule has 0 aliphatic heterocycles. The maximum atomic E-state index is 12.1. The van der Waals surface area contributed by atoms with Gasteiger partial charge in [-0.3, -0.25) is 10.1 Å². The van der Waals surface area contributed by atoms with Crippen LogP contribution in [0.15, 0.2) is 57.8 Å². The zero-order chi connectivity index (χ0) is 21.7. The van der Waals surface area contributed by atoms with Crippen LogP contribution in [0.25, 0.3) is 11.5 Å². The van der Waals surface area contributed by atoms with Gasteiger partial charge in [-0.1, -0.05) is 38.0 Å². The van der Waals surface area contributed by atoms with Crippen molar-refractivity contribution in [2.24, 2.45) is 0 Å². The Kier molecular flexibility index (Phi) is 6.51. The number of nitrogens with zero attached hydrogens (tertiary/aromatic N) is 2. The second kappa shape index (κ2) is 9.08. The second-order valence-corrected chi connectivity index (χ2v) is 9.18. The van der Waals surface area contributed by atoms with Crippen LogP contribution >= 0.6 is 0 Å². The number of nitrogens with one attached hydrogen (secondary N) is 1. The van der Waals surface area contributed by atoms with Crippen LogP contribution in [0.3, 0.4) is 0 Å². The molecule has 3 rings (SSSR count). The van der Waals surface area contributed by atoms with Gasteiger partial charge >= 0.3 is 6.01 Å². The Morgan fingerprint density at radius 2 is 1.73 bits per heavy atom. The quantitative estimate of drug-likeness (QED) is 0.581. The van der Waals surface area contributed by atoms with Gasteiger partial charge < -0.3 is 9.15 Å². The van der Waals surface area contributed by atoms with Crippen molar-refractivity contribution < 1.29 is 22.4 Å². The lowest BCUT2D eigenvalue weighted by atomic mass is 10.0. The summed E-state index contributed by atoms with van der Waals surface area (Å²) in [7, 11) is -3.28. The largest absolute Gasteiger partial charge is 0.484 e. The SMILES string of the molecule is CCS(=O)(=O)c1ccc(-c2nnc(NC(=O)COc3ccc(C(C)C)cc3)o2)cc1. The van der Waals surface area contributed by atoms with E-state index < -0.39 is 15.7 Å².